The maximum Gasteiger partial charge on any atom is 0.344 e. The van der Waals surface area contributed by atoms with Gasteiger partial charge in [-0.2, -0.15) is 0 Å². The zero-order chi connectivity index (χ0) is 18.4. The lowest BCUT2D eigenvalue weighted by molar-refractivity contribution is -0.158. The first-order valence-corrected chi connectivity index (χ1v) is 9.17. The van der Waals surface area contributed by atoms with Gasteiger partial charge in [-0.3, -0.25) is 4.72 Å². The number of esters is 2. The van der Waals surface area contributed by atoms with Gasteiger partial charge in [0.25, 0.3) is 0 Å². The molecule has 0 aliphatic heterocycles. The summed E-state index contributed by atoms with van der Waals surface area (Å²) in [5, 5.41) is 0. The average molecular weight is 357 g/mol. The van der Waals surface area contributed by atoms with E-state index in [2.05, 4.69) is 4.72 Å². The average Bonchev–Trinajstić information content (AvgIpc) is 2.42. The van der Waals surface area contributed by atoms with E-state index >= 15 is 0 Å². The molecular formula is C16H23NO6S. The smallest absolute Gasteiger partial charge is 0.344 e. The van der Waals surface area contributed by atoms with Crippen LogP contribution in [0.1, 0.15) is 44.5 Å². The molecule has 1 aromatic carbocycles. The van der Waals surface area contributed by atoms with E-state index in [-0.39, 0.29) is 17.0 Å². The number of sulfonamides is 1. The van der Waals surface area contributed by atoms with Gasteiger partial charge in [0.05, 0.1) is 11.3 Å². The number of rotatable bonds is 7. The minimum absolute atomic E-state index is 0.0136. The Hall–Kier alpha value is -2.09. The van der Waals surface area contributed by atoms with Gasteiger partial charge >= 0.3 is 11.9 Å². The first-order valence-electron chi connectivity index (χ1n) is 7.52. The number of carbonyl (C=O) groups is 2. The lowest BCUT2D eigenvalue weighted by atomic mass is 10.2. The van der Waals surface area contributed by atoms with Crippen molar-refractivity contribution in [3.8, 4) is 0 Å². The lowest BCUT2D eigenvalue weighted by Crippen LogP contribution is -2.27. The second-order valence-electron chi connectivity index (χ2n) is 6.16. The molecule has 8 heteroatoms. The lowest BCUT2D eigenvalue weighted by Gasteiger charge is -2.19. The Kier molecular flexibility index (Phi) is 6.77. The molecule has 0 amide bonds. The molecule has 0 fully saturated rings. The SMILES string of the molecule is CCCS(=O)(=O)Nc1cccc(C(=O)OCC(=O)OC(C)(C)C)c1. The molecule has 1 N–H and O–H groups in total. The summed E-state index contributed by atoms with van der Waals surface area (Å²) in [4.78, 5) is 23.5. The molecule has 0 aromatic heterocycles. The number of carbonyl (C=O) groups excluding carboxylic acids is 2. The zero-order valence-corrected chi connectivity index (χ0v) is 15.1. The molecular weight excluding hydrogens is 334 g/mol. The topological polar surface area (TPSA) is 98.8 Å². The Balaban J connectivity index is 2.69. The highest BCUT2D eigenvalue weighted by Gasteiger charge is 2.18. The Labute approximate surface area is 142 Å². The molecule has 24 heavy (non-hydrogen) atoms. The van der Waals surface area contributed by atoms with Crippen molar-refractivity contribution >= 4 is 27.6 Å². The Morgan fingerprint density at radius 3 is 2.46 bits per heavy atom. The Morgan fingerprint density at radius 2 is 1.88 bits per heavy atom. The summed E-state index contributed by atoms with van der Waals surface area (Å²) in [7, 11) is -3.45. The molecule has 0 spiro atoms. The molecule has 134 valence electrons. The Morgan fingerprint density at radius 1 is 1.21 bits per heavy atom. The van der Waals surface area contributed by atoms with Crippen molar-refractivity contribution in [3.63, 3.8) is 0 Å². The van der Waals surface area contributed by atoms with E-state index in [4.69, 9.17) is 9.47 Å². The predicted molar refractivity (Wildman–Crippen MR) is 90.3 cm³/mol. The summed E-state index contributed by atoms with van der Waals surface area (Å²) >= 11 is 0. The van der Waals surface area contributed by atoms with Gasteiger partial charge in [0.15, 0.2) is 6.61 Å². The van der Waals surface area contributed by atoms with Crippen LogP contribution in [0.3, 0.4) is 0 Å². The van der Waals surface area contributed by atoms with Crippen LogP contribution < -0.4 is 4.72 Å². The predicted octanol–water partition coefficient (Wildman–Crippen LogP) is 2.34. The molecule has 0 radical (unpaired) electrons. The molecule has 0 heterocycles. The van der Waals surface area contributed by atoms with E-state index in [0.29, 0.717) is 6.42 Å². The molecule has 0 unspecified atom stereocenters. The number of hydrogen-bond donors (Lipinski definition) is 1. The van der Waals surface area contributed by atoms with Crippen LogP contribution in [-0.4, -0.2) is 38.3 Å². The fourth-order valence-electron chi connectivity index (χ4n) is 1.79. The highest BCUT2D eigenvalue weighted by molar-refractivity contribution is 7.92. The molecule has 0 saturated carbocycles. The molecule has 0 atom stereocenters. The summed E-state index contributed by atoms with van der Waals surface area (Å²) in [6.45, 7) is 6.36. The van der Waals surface area contributed by atoms with Gasteiger partial charge in [-0.1, -0.05) is 13.0 Å². The van der Waals surface area contributed by atoms with E-state index in [1.54, 1.807) is 27.7 Å². The molecule has 0 saturated heterocycles. The largest absolute Gasteiger partial charge is 0.457 e. The van der Waals surface area contributed by atoms with Crippen LogP contribution in [0.15, 0.2) is 24.3 Å². The first kappa shape index (κ1) is 20.0. The normalized spacial score (nSPS) is 11.7. The molecule has 0 aliphatic carbocycles. The highest BCUT2D eigenvalue weighted by Crippen LogP contribution is 2.14. The fourth-order valence-corrected chi connectivity index (χ4v) is 2.91. The van der Waals surface area contributed by atoms with Gasteiger partial charge in [-0.05, 0) is 45.4 Å². The van der Waals surface area contributed by atoms with Gasteiger partial charge < -0.3 is 9.47 Å². The van der Waals surface area contributed by atoms with Crippen LogP contribution in [0, 0.1) is 0 Å². The molecule has 0 aliphatic rings. The quantitative estimate of drug-likeness (QED) is 0.752. The minimum Gasteiger partial charge on any atom is -0.457 e. The third-order valence-electron chi connectivity index (χ3n) is 2.59. The van der Waals surface area contributed by atoms with E-state index < -0.39 is 34.2 Å². The van der Waals surface area contributed by atoms with Crippen molar-refractivity contribution in [3.05, 3.63) is 29.8 Å². The second kappa shape index (κ2) is 8.14. The number of anilines is 1. The summed E-state index contributed by atoms with van der Waals surface area (Å²) < 4.78 is 35.8. The fraction of sp³-hybridized carbons (Fsp3) is 0.500. The van der Waals surface area contributed by atoms with Gasteiger partial charge in [0.2, 0.25) is 10.0 Å². The van der Waals surface area contributed by atoms with Crippen molar-refractivity contribution in [2.75, 3.05) is 17.1 Å². The van der Waals surface area contributed by atoms with Gasteiger partial charge in [-0.15, -0.1) is 0 Å². The highest BCUT2D eigenvalue weighted by atomic mass is 32.2. The summed E-state index contributed by atoms with van der Waals surface area (Å²) in [6, 6.07) is 5.87. The maximum atomic E-state index is 12.0. The number of ether oxygens (including phenoxy) is 2. The van der Waals surface area contributed by atoms with Crippen LogP contribution in [-0.2, 0) is 24.3 Å². The van der Waals surface area contributed by atoms with Crippen molar-refractivity contribution in [2.45, 2.75) is 39.7 Å². The summed E-state index contributed by atoms with van der Waals surface area (Å²) in [6.07, 6.45) is 0.479. The first-order chi connectivity index (χ1) is 11.0. The Bertz CT molecular complexity index is 691. The minimum atomic E-state index is -3.45. The van der Waals surface area contributed by atoms with Gasteiger partial charge in [0.1, 0.15) is 5.60 Å². The summed E-state index contributed by atoms with van der Waals surface area (Å²) in [5.74, 6) is -1.41. The van der Waals surface area contributed by atoms with Crippen molar-refractivity contribution in [2.24, 2.45) is 0 Å². The number of nitrogens with one attached hydrogen (secondary N) is 1. The van der Waals surface area contributed by atoms with Crippen molar-refractivity contribution < 1.29 is 27.5 Å². The van der Waals surface area contributed by atoms with Crippen LogP contribution >= 0.6 is 0 Å². The summed E-state index contributed by atoms with van der Waals surface area (Å²) in [5.41, 5.74) is -0.272. The molecule has 7 nitrogen and oxygen atoms in total. The zero-order valence-electron chi connectivity index (χ0n) is 14.3. The molecule has 1 rings (SSSR count). The van der Waals surface area contributed by atoms with Gasteiger partial charge in [0, 0.05) is 5.69 Å². The standard InChI is InChI=1S/C16H23NO6S/c1-5-9-24(20,21)17-13-8-6-7-12(10-13)15(19)22-11-14(18)23-16(2,3)4/h6-8,10,17H,5,9,11H2,1-4H3. The number of benzene rings is 1. The third kappa shape index (κ3) is 7.45. The van der Waals surface area contributed by atoms with E-state index in [9.17, 15) is 18.0 Å². The van der Waals surface area contributed by atoms with Crippen LogP contribution in [0.25, 0.3) is 0 Å². The molecule has 1 aromatic rings. The monoisotopic (exact) mass is 357 g/mol. The van der Waals surface area contributed by atoms with E-state index in [1.807, 2.05) is 0 Å². The maximum absolute atomic E-state index is 12.0. The van der Waals surface area contributed by atoms with E-state index in [0.717, 1.165) is 0 Å². The third-order valence-corrected chi connectivity index (χ3v) is 4.08. The van der Waals surface area contributed by atoms with Crippen molar-refractivity contribution in [1.29, 1.82) is 0 Å². The van der Waals surface area contributed by atoms with Crippen LogP contribution in [0.5, 0.6) is 0 Å². The van der Waals surface area contributed by atoms with Gasteiger partial charge in [-0.25, -0.2) is 18.0 Å². The van der Waals surface area contributed by atoms with Crippen LogP contribution in [0.2, 0.25) is 0 Å². The second-order valence-corrected chi connectivity index (χ2v) is 8.01. The van der Waals surface area contributed by atoms with E-state index in [1.165, 1.54) is 24.3 Å². The van der Waals surface area contributed by atoms with Crippen LogP contribution in [0.4, 0.5) is 5.69 Å². The van der Waals surface area contributed by atoms with Crippen molar-refractivity contribution in [1.82, 2.24) is 0 Å². The molecule has 0 bridgehead atoms. The number of hydrogen-bond acceptors (Lipinski definition) is 6.